The van der Waals surface area contributed by atoms with E-state index in [1.807, 2.05) is 0 Å². The van der Waals surface area contributed by atoms with Gasteiger partial charge in [-0.3, -0.25) is 13.8 Å². The van der Waals surface area contributed by atoms with E-state index in [0.717, 1.165) is 22.8 Å². The molecule has 10 nitrogen and oxygen atoms in total. The van der Waals surface area contributed by atoms with E-state index in [0.29, 0.717) is 0 Å². The molecule has 0 saturated carbocycles. The van der Waals surface area contributed by atoms with Crippen LogP contribution in [0.15, 0.2) is 57.5 Å². The molecule has 2 aromatic carbocycles. The number of carbonyl (C=O) groups is 4. The van der Waals surface area contributed by atoms with Crippen LogP contribution in [0.1, 0.15) is 41.5 Å². The molecule has 1 aliphatic rings. The van der Waals surface area contributed by atoms with Crippen LogP contribution in [-0.2, 0) is 44.1 Å². The summed E-state index contributed by atoms with van der Waals surface area (Å²) >= 11 is 6.59. The maximum absolute atomic E-state index is 13.1. The summed E-state index contributed by atoms with van der Waals surface area (Å²) < 4.78 is 42.5. The van der Waals surface area contributed by atoms with E-state index in [-0.39, 0.29) is 16.9 Å². The lowest BCUT2D eigenvalue weighted by Crippen LogP contribution is -2.63. The summed E-state index contributed by atoms with van der Waals surface area (Å²) in [7, 11) is -1.72. The van der Waals surface area contributed by atoms with Crippen molar-refractivity contribution in [1.29, 1.82) is 0 Å². The van der Waals surface area contributed by atoms with Crippen molar-refractivity contribution in [2.75, 3.05) is 12.4 Å². The molecule has 3 rings (SSSR count). The van der Waals surface area contributed by atoms with Crippen molar-refractivity contribution in [3.63, 3.8) is 0 Å². The average molecular weight is 690 g/mol. The highest BCUT2D eigenvalue weighted by Crippen LogP contribution is 2.31. The number of esters is 4. The molecule has 0 bridgehead atoms. The molecule has 0 radical (unpaired) electrons. The Kier molecular flexibility index (Phi) is 11.2. The van der Waals surface area contributed by atoms with E-state index in [1.54, 1.807) is 43.3 Å². The standard InChI is InChI=1S/C26H26Br2O10S/c1-4-39(33)26-23(36-15(3)30)22(35-14(2)29)21(38-25(32)17-7-11-19(28)12-8-17)20(37-26)13-34-24(31)16-5-9-18(27)10-6-16/h5-12,20-23,26H,4,13H2,1-3H3/t20-,21-,22+,23-,26+,39-/m1/s1. The van der Waals surface area contributed by atoms with E-state index < -0.39 is 71.1 Å². The Balaban J connectivity index is 1.97. The van der Waals surface area contributed by atoms with Gasteiger partial charge in [0, 0.05) is 28.5 Å². The Labute approximate surface area is 244 Å². The van der Waals surface area contributed by atoms with E-state index in [1.165, 1.54) is 12.1 Å². The molecule has 1 saturated heterocycles. The Hall–Kier alpha value is -2.61. The van der Waals surface area contributed by atoms with Gasteiger partial charge < -0.3 is 23.7 Å². The molecule has 39 heavy (non-hydrogen) atoms. The molecule has 0 aromatic heterocycles. The summed E-state index contributed by atoms with van der Waals surface area (Å²) in [5, 5.41) is 0. The highest BCUT2D eigenvalue weighted by Gasteiger charge is 2.54. The summed E-state index contributed by atoms with van der Waals surface area (Å²) in [4.78, 5) is 49.8. The van der Waals surface area contributed by atoms with Crippen LogP contribution >= 0.6 is 31.9 Å². The van der Waals surface area contributed by atoms with Gasteiger partial charge in [-0.05, 0) is 48.5 Å². The van der Waals surface area contributed by atoms with Crippen LogP contribution in [0, 0.1) is 0 Å². The van der Waals surface area contributed by atoms with E-state index in [2.05, 4.69) is 31.9 Å². The minimum Gasteiger partial charge on any atom is -0.459 e. The third-order valence-electron chi connectivity index (χ3n) is 5.52. The first kappa shape index (κ1) is 30.9. The number of benzene rings is 2. The number of hydrogen-bond acceptors (Lipinski definition) is 10. The van der Waals surface area contributed by atoms with Gasteiger partial charge in [0.1, 0.15) is 12.7 Å². The molecular weight excluding hydrogens is 664 g/mol. The summed E-state index contributed by atoms with van der Waals surface area (Å²) in [6, 6.07) is 12.7. The minimum atomic E-state index is -1.72. The summed E-state index contributed by atoms with van der Waals surface area (Å²) in [5.74, 6) is -2.89. The van der Waals surface area contributed by atoms with Crippen LogP contribution in [0.25, 0.3) is 0 Å². The van der Waals surface area contributed by atoms with Gasteiger partial charge in [-0.1, -0.05) is 38.8 Å². The normalized spacial score (nSPS) is 23.3. The number of ether oxygens (including phenoxy) is 5. The second-order valence-electron chi connectivity index (χ2n) is 8.34. The predicted molar refractivity (Wildman–Crippen MR) is 146 cm³/mol. The lowest BCUT2D eigenvalue weighted by atomic mass is 9.99. The summed E-state index contributed by atoms with van der Waals surface area (Å²) in [6.07, 6.45) is -5.39. The Morgan fingerprint density at radius 1 is 0.769 bits per heavy atom. The first-order valence-corrected chi connectivity index (χ1v) is 14.7. The van der Waals surface area contributed by atoms with Crippen molar-refractivity contribution in [1.82, 2.24) is 0 Å². The maximum atomic E-state index is 13.1. The van der Waals surface area contributed by atoms with Gasteiger partial charge in [-0.15, -0.1) is 0 Å². The second kappa shape index (κ2) is 14.1. The van der Waals surface area contributed by atoms with Crippen LogP contribution in [0.4, 0.5) is 0 Å². The minimum absolute atomic E-state index is 0.115. The van der Waals surface area contributed by atoms with Crippen LogP contribution in [0.2, 0.25) is 0 Å². The molecule has 1 fully saturated rings. The fourth-order valence-corrected chi connectivity index (χ4v) is 5.41. The Bertz CT molecular complexity index is 1220. The number of carbonyl (C=O) groups excluding carboxylic acids is 4. The first-order chi connectivity index (χ1) is 18.5. The van der Waals surface area contributed by atoms with E-state index >= 15 is 0 Å². The van der Waals surface area contributed by atoms with Gasteiger partial charge in [0.15, 0.2) is 23.7 Å². The van der Waals surface area contributed by atoms with Crippen LogP contribution in [-0.4, -0.2) is 70.3 Å². The Morgan fingerprint density at radius 3 is 1.74 bits per heavy atom. The number of hydrogen-bond donors (Lipinski definition) is 0. The topological polar surface area (TPSA) is 132 Å². The van der Waals surface area contributed by atoms with Crippen LogP contribution < -0.4 is 0 Å². The molecule has 1 aliphatic heterocycles. The Morgan fingerprint density at radius 2 is 1.26 bits per heavy atom. The van der Waals surface area contributed by atoms with Crippen LogP contribution in [0.5, 0.6) is 0 Å². The van der Waals surface area contributed by atoms with E-state index in [9.17, 15) is 23.4 Å². The van der Waals surface area contributed by atoms with Gasteiger partial charge in [0.2, 0.25) is 0 Å². The molecule has 210 valence electrons. The largest absolute Gasteiger partial charge is 0.459 e. The molecule has 0 spiro atoms. The molecule has 6 atom stereocenters. The van der Waals surface area contributed by atoms with Crippen molar-refractivity contribution < 1.29 is 47.1 Å². The first-order valence-electron chi connectivity index (χ1n) is 11.8. The zero-order chi connectivity index (χ0) is 28.7. The molecule has 2 aromatic rings. The highest BCUT2D eigenvalue weighted by molar-refractivity contribution is 9.10. The highest BCUT2D eigenvalue weighted by atomic mass is 79.9. The average Bonchev–Trinajstić information content (AvgIpc) is 2.89. The summed E-state index contributed by atoms with van der Waals surface area (Å²) in [5.41, 5.74) is -0.837. The van der Waals surface area contributed by atoms with Crippen molar-refractivity contribution in [2.45, 2.75) is 50.6 Å². The zero-order valence-corrected chi connectivity index (χ0v) is 25.2. The van der Waals surface area contributed by atoms with E-state index in [4.69, 9.17) is 23.7 Å². The second-order valence-corrected chi connectivity index (χ2v) is 12.0. The van der Waals surface area contributed by atoms with Crippen molar-refractivity contribution in [3.05, 3.63) is 68.6 Å². The molecule has 13 heteroatoms. The van der Waals surface area contributed by atoms with Gasteiger partial charge in [0.25, 0.3) is 0 Å². The van der Waals surface area contributed by atoms with Gasteiger partial charge in [-0.2, -0.15) is 0 Å². The summed E-state index contributed by atoms with van der Waals surface area (Å²) in [6.45, 7) is 3.44. The third kappa shape index (κ3) is 8.44. The third-order valence-corrected chi connectivity index (χ3v) is 8.04. The monoisotopic (exact) mass is 688 g/mol. The lowest BCUT2D eigenvalue weighted by molar-refractivity contribution is -0.229. The number of rotatable bonds is 9. The van der Waals surface area contributed by atoms with Gasteiger partial charge in [0.05, 0.1) is 21.9 Å². The molecule has 0 aliphatic carbocycles. The fourth-order valence-electron chi connectivity index (χ4n) is 3.78. The molecule has 0 amide bonds. The zero-order valence-electron chi connectivity index (χ0n) is 21.2. The lowest BCUT2D eigenvalue weighted by Gasteiger charge is -2.44. The van der Waals surface area contributed by atoms with Crippen molar-refractivity contribution in [3.8, 4) is 0 Å². The molecule has 1 heterocycles. The van der Waals surface area contributed by atoms with Crippen molar-refractivity contribution >= 4 is 66.5 Å². The number of halogens is 2. The molecular formula is C26H26Br2O10S. The predicted octanol–water partition coefficient (Wildman–Crippen LogP) is 3.95. The fraction of sp³-hybridized carbons (Fsp3) is 0.385. The van der Waals surface area contributed by atoms with Gasteiger partial charge in [-0.25, -0.2) is 9.59 Å². The quantitative estimate of drug-likeness (QED) is 0.282. The molecule has 0 unspecified atom stereocenters. The van der Waals surface area contributed by atoms with Crippen LogP contribution in [0.3, 0.4) is 0 Å². The molecule has 0 N–H and O–H groups in total. The SMILES string of the molecule is CC[S@@](=O)[C@@H]1O[C@H](COC(=O)c2ccc(Br)cc2)[C@@H](OC(=O)c2ccc(Br)cc2)[C@H](OC(C)=O)[C@H]1OC(C)=O. The van der Waals surface area contributed by atoms with Crippen molar-refractivity contribution in [2.24, 2.45) is 0 Å². The van der Waals surface area contributed by atoms with Gasteiger partial charge >= 0.3 is 23.9 Å². The maximum Gasteiger partial charge on any atom is 0.338 e. The smallest absolute Gasteiger partial charge is 0.338 e.